The summed E-state index contributed by atoms with van der Waals surface area (Å²) in [5.74, 6) is -0.656. The first-order valence-electron chi connectivity index (χ1n) is 12.6. The number of nitrogens with one attached hydrogen (secondary N) is 1. The van der Waals surface area contributed by atoms with Crippen molar-refractivity contribution in [2.75, 3.05) is 31.1 Å². The molecule has 3 aromatic carbocycles. The normalized spacial score (nSPS) is 14.4. The first-order chi connectivity index (χ1) is 18.7. The van der Waals surface area contributed by atoms with Gasteiger partial charge in [-0.25, -0.2) is 18.1 Å². The third-order valence-corrected chi connectivity index (χ3v) is 10.0. The van der Waals surface area contributed by atoms with E-state index < -0.39 is 15.9 Å². The summed E-state index contributed by atoms with van der Waals surface area (Å²) in [5, 5.41) is 1.36. The zero-order valence-corrected chi connectivity index (χ0v) is 24.1. The molecule has 5 rings (SSSR count). The van der Waals surface area contributed by atoms with E-state index in [1.165, 1.54) is 11.1 Å². The molecule has 0 spiro atoms. The van der Waals surface area contributed by atoms with Gasteiger partial charge in [0.25, 0.3) is 15.9 Å². The van der Waals surface area contributed by atoms with Crippen LogP contribution >= 0.6 is 22.9 Å². The Morgan fingerprint density at radius 1 is 0.949 bits per heavy atom. The minimum atomic E-state index is -3.97. The number of halogens is 1. The molecule has 4 aromatic rings. The molecule has 0 bridgehead atoms. The van der Waals surface area contributed by atoms with Gasteiger partial charge in [0.15, 0.2) is 4.21 Å². The summed E-state index contributed by atoms with van der Waals surface area (Å²) >= 11 is 7.13. The predicted octanol–water partition coefficient (Wildman–Crippen LogP) is 5.52. The fourth-order valence-corrected chi connectivity index (χ4v) is 7.37. The Morgan fingerprint density at radius 2 is 1.62 bits per heavy atom. The van der Waals surface area contributed by atoms with E-state index in [1.807, 2.05) is 24.3 Å². The summed E-state index contributed by atoms with van der Waals surface area (Å²) in [6, 6.07) is 23.5. The van der Waals surface area contributed by atoms with Gasteiger partial charge in [0, 0.05) is 49.0 Å². The first-order valence-corrected chi connectivity index (χ1v) is 15.3. The number of carbonyl (C=O) groups is 1. The SMILES string of the molecule is Cc1nc(C)c(S(=O)(=O)NC(=O)c2ccc(N3CCN(Cc4ccccc4-c4ccc(Cl)cc4)CC3)cc2)s1. The van der Waals surface area contributed by atoms with Crippen LogP contribution in [0.1, 0.15) is 26.6 Å². The second-order valence-electron chi connectivity index (χ2n) is 9.51. The number of amides is 1. The van der Waals surface area contributed by atoms with Gasteiger partial charge in [0.05, 0.1) is 10.7 Å². The molecule has 1 saturated heterocycles. The maximum Gasteiger partial charge on any atom is 0.275 e. The van der Waals surface area contributed by atoms with Crippen molar-refractivity contribution in [2.24, 2.45) is 0 Å². The number of thiazole rings is 1. The van der Waals surface area contributed by atoms with Gasteiger partial charge in [-0.05, 0) is 66.9 Å². The van der Waals surface area contributed by atoms with Crippen LogP contribution in [0.4, 0.5) is 5.69 Å². The van der Waals surface area contributed by atoms with E-state index in [0.29, 0.717) is 16.3 Å². The van der Waals surface area contributed by atoms with Gasteiger partial charge in [-0.15, -0.1) is 11.3 Å². The van der Waals surface area contributed by atoms with E-state index in [1.54, 1.807) is 26.0 Å². The molecule has 1 N–H and O–H groups in total. The molecule has 1 amide bonds. The summed E-state index contributed by atoms with van der Waals surface area (Å²) in [5.41, 5.74) is 5.34. The number of benzene rings is 3. The van der Waals surface area contributed by atoms with Crippen LogP contribution < -0.4 is 9.62 Å². The highest BCUT2D eigenvalue weighted by Crippen LogP contribution is 2.27. The van der Waals surface area contributed by atoms with Crippen molar-refractivity contribution in [3.8, 4) is 11.1 Å². The number of sulfonamides is 1. The maximum absolute atomic E-state index is 12.7. The average molecular weight is 581 g/mol. The number of hydrogen-bond acceptors (Lipinski definition) is 7. The number of anilines is 1. The first kappa shape index (κ1) is 27.3. The third kappa shape index (κ3) is 6.33. The number of carbonyl (C=O) groups excluding carboxylic acids is 1. The van der Waals surface area contributed by atoms with Gasteiger partial charge in [0.1, 0.15) is 0 Å². The van der Waals surface area contributed by atoms with E-state index in [9.17, 15) is 13.2 Å². The molecule has 1 aliphatic heterocycles. The molecule has 202 valence electrons. The van der Waals surface area contributed by atoms with Crippen LogP contribution in [0.15, 0.2) is 77.0 Å². The number of aromatic nitrogens is 1. The molecule has 1 aliphatic rings. The van der Waals surface area contributed by atoms with Gasteiger partial charge in [-0.3, -0.25) is 9.69 Å². The average Bonchev–Trinajstić information content (AvgIpc) is 3.28. The van der Waals surface area contributed by atoms with E-state index >= 15 is 0 Å². The molecule has 1 aromatic heterocycles. The fourth-order valence-electron chi connectivity index (χ4n) is 4.79. The predicted molar refractivity (Wildman–Crippen MR) is 157 cm³/mol. The third-order valence-electron chi connectivity index (χ3n) is 6.77. The summed E-state index contributed by atoms with van der Waals surface area (Å²) in [7, 11) is -3.97. The topological polar surface area (TPSA) is 82.6 Å². The number of hydrogen-bond donors (Lipinski definition) is 1. The molecular weight excluding hydrogens is 552 g/mol. The molecule has 39 heavy (non-hydrogen) atoms. The van der Waals surface area contributed by atoms with Crippen LogP contribution in [0.5, 0.6) is 0 Å². The second-order valence-corrected chi connectivity index (χ2v) is 13.0. The zero-order chi connectivity index (χ0) is 27.6. The number of piperazine rings is 1. The van der Waals surface area contributed by atoms with E-state index in [4.69, 9.17) is 11.6 Å². The Balaban J connectivity index is 1.19. The van der Waals surface area contributed by atoms with Crippen LogP contribution in [0.3, 0.4) is 0 Å². The Labute approximate surface area is 238 Å². The van der Waals surface area contributed by atoms with Crippen LogP contribution in [0, 0.1) is 13.8 Å². The van der Waals surface area contributed by atoms with Gasteiger partial charge in [-0.2, -0.15) is 0 Å². The van der Waals surface area contributed by atoms with Gasteiger partial charge in [0.2, 0.25) is 0 Å². The Hall–Kier alpha value is -3.24. The van der Waals surface area contributed by atoms with Gasteiger partial charge >= 0.3 is 0 Å². The minimum absolute atomic E-state index is 0.0682. The molecule has 2 heterocycles. The van der Waals surface area contributed by atoms with Crippen molar-refractivity contribution in [3.63, 3.8) is 0 Å². The van der Waals surface area contributed by atoms with Crippen LogP contribution in [-0.4, -0.2) is 50.4 Å². The lowest BCUT2D eigenvalue weighted by Crippen LogP contribution is -2.46. The van der Waals surface area contributed by atoms with Crippen LogP contribution in [0.2, 0.25) is 5.02 Å². The van der Waals surface area contributed by atoms with Gasteiger partial charge in [-0.1, -0.05) is 48.0 Å². The minimum Gasteiger partial charge on any atom is -0.369 e. The Bertz CT molecular complexity index is 1580. The second kappa shape index (κ2) is 11.5. The molecule has 0 atom stereocenters. The molecular formula is C29H29ClN4O3S2. The molecule has 1 fully saturated rings. The zero-order valence-electron chi connectivity index (χ0n) is 21.7. The molecule has 0 saturated carbocycles. The maximum atomic E-state index is 12.7. The van der Waals surface area contributed by atoms with Crippen molar-refractivity contribution in [3.05, 3.63) is 99.6 Å². The Kier molecular flexibility index (Phi) is 8.04. The van der Waals surface area contributed by atoms with Crippen LogP contribution in [0.25, 0.3) is 11.1 Å². The molecule has 0 aliphatic carbocycles. The largest absolute Gasteiger partial charge is 0.369 e. The van der Waals surface area contributed by atoms with Crippen molar-refractivity contribution in [2.45, 2.75) is 24.6 Å². The molecule has 0 radical (unpaired) electrons. The van der Waals surface area contributed by atoms with E-state index in [-0.39, 0.29) is 4.21 Å². The number of nitrogens with zero attached hydrogens (tertiary/aromatic N) is 3. The number of aryl methyl sites for hydroxylation is 2. The fraction of sp³-hybridized carbons (Fsp3) is 0.241. The number of rotatable bonds is 7. The highest BCUT2D eigenvalue weighted by Gasteiger charge is 2.24. The van der Waals surface area contributed by atoms with Crippen molar-refractivity contribution < 1.29 is 13.2 Å². The lowest BCUT2D eigenvalue weighted by atomic mass is 9.99. The molecule has 7 nitrogen and oxygen atoms in total. The summed E-state index contributed by atoms with van der Waals surface area (Å²) in [4.78, 5) is 21.5. The van der Waals surface area contributed by atoms with Crippen molar-refractivity contribution in [1.29, 1.82) is 0 Å². The molecule has 0 unspecified atom stereocenters. The summed E-state index contributed by atoms with van der Waals surface area (Å²) in [6.45, 7) is 7.73. The van der Waals surface area contributed by atoms with E-state index in [0.717, 1.165) is 60.3 Å². The highest BCUT2D eigenvalue weighted by atomic mass is 35.5. The monoisotopic (exact) mass is 580 g/mol. The van der Waals surface area contributed by atoms with Crippen molar-refractivity contribution in [1.82, 2.24) is 14.6 Å². The summed E-state index contributed by atoms with van der Waals surface area (Å²) < 4.78 is 27.6. The van der Waals surface area contributed by atoms with Crippen LogP contribution in [-0.2, 0) is 16.6 Å². The Morgan fingerprint density at radius 3 is 2.26 bits per heavy atom. The highest BCUT2D eigenvalue weighted by molar-refractivity contribution is 7.92. The van der Waals surface area contributed by atoms with E-state index in [2.05, 4.69) is 55.9 Å². The summed E-state index contributed by atoms with van der Waals surface area (Å²) in [6.07, 6.45) is 0. The quantitative estimate of drug-likeness (QED) is 0.310. The van der Waals surface area contributed by atoms with Crippen molar-refractivity contribution >= 4 is 44.6 Å². The molecule has 10 heteroatoms. The lowest BCUT2D eigenvalue weighted by molar-refractivity contribution is 0.0981. The standard InChI is InChI=1S/C29H29ClN4O3S2/c1-20-29(38-21(2)31-20)39(36,37)32-28(35)23-9-13-26(14-10-23)34-17-15-33(16-18-34)19-24-5-3-4-6-27(24)22-7-11-25(30)12-8-22/h3-14H,15-19H2,1-2H3,(H,32,35). The smallest absolute Gasteiger partial charge is 0.275 e. The lowest BCUT2D eigenvalue weighted by Gasteiger charge is -2.36. The van der Waals surface area contributed by atoms with Gasteiger partial charge < -0.3 is 4.90 Å².